The van der Waals surface area contributed by atoms with E-state index in [2.05, 4.69) is 10.6 Å². The minimum absolute atomic E-state index is 0.0216. The highest BCUT2D eigenvalue weighted by Crippen LogP contribution is 2.34. The molecule has 0 aromatic heterocycles. The lowest BCUT2D eigenvalue weighted by molar-refractivity contribution is -0.139. The van der Waals surface area contributed by atoms with Gasteiger partial charge in [-0.05, 0) is 19.3 Å². The van der Waals surface area contributed by atoms with Gasteiger partial charge >= 0.3 is 12.0 Å². The van der Waals surface area contributed by atoms with Crippen LogP contribution in [-0.4, -0.2) is 49.6 Å². The standard InChI is InChI=1S/C10H18N2O5S/c1-18(16,17)6-5-11-9(15)12-10(3-2-4-10)7-8(13)14/h2-7H2,1H3,(H,13,14)(H2,11,12,15). The van der Waals surface area contributed by atoms with E-state index in [0.29, 0.717) is 12.8 Å². The Labute approximate surface area is 106 Å². The quantitative estimate of drug-likeness (QED) is 0.619. The zero-order valence-corrected chi connectivity index (χ0v) is 11.0. The Hall–Kier alpha value is -1.31. The molecule has 0 spiro atoms. The van der Waals surface area contributed by atoms with Crippen molar-refractivity contribution in [2.75, 3.05) is 18.6 Å². The van der Waals surface area contributed by atoms with Gasteiger partial charge in [-0.3, -0.25) is 4.79 Å². The first-order valence-electron chi connectivity index (χ1n) is 5.68. The molecule has 1 saturated carbocycles. The highest BCUT2D eigenvalue weighted by atomic mass is 32.2. The smallest absolute Gasteiger partial charge is 0.315 e. The minimum atomic E-state index is -3.11. The topological polar surface area (TPSA) is 113 Å². The fraction of sp³-hybridized carbons (Fsp3) is 0.800. The number of amides is 2. The molecule has 8 heteroatoms. The molecule has 104 valence electrons. The average Bonchev–Trinajstić information content (AvgIpc) is 2.11. The van der Waals surface area contributed by atoms with Gasteiger partial charge in [-0.15, -0.1) is 0 Å². The van der Waals surface area contributed by atoms with E-state index in [1.54, 1.807) is 0 Å². The summed E-state index contributed by atoms with van der Waals surface area (Å²) in [4.78, 5) is 22.2. The molecular weight excluding hydrogens is 260 g/mol. The Morgan fingerprint density at radius 3 is 2.33 bits per heavy atom. The maximum absolute atomic E-state index is 11.5. The van der Waals surface area contributed by atoms with Crippen LogP contribution in [-0.2, 0) is 14.6 Å². The Morgan fingerprint density at radius 2 is 1.94 bits per heavy atom. The molecule has 1 rings (SSSR count). The predicted octanol–water partition coefficient (Wildman–Crippen LogP) is -0.272. The van der Waals surface area contributed by atoms with Gasteiger partial charge in [0.15, 0.2) is 0 Å². The van der Waals surface area contributed by atoms with Crippen LogP contribution in [0.5, 0.6) is 0 Å². The van der Waals surface area contributed by atoms with Gasteiger partial charge in [-0.25, -0.2) is 13.2 Å². The van der Waals surface area contributed by atoms with Crippen molar-refractivity contribution in [2.45, 2.75) is 31.2 Å². The van der Waals surface area contributed by atoms with E-state index < -0.39 is 27.4 Å². The first kappa shape index (κ1) is 14.7. The van der Waals surface area contributed by atoms with Crippen molar-refractivity contribution in [2.24, 2.45) is 0 Å². The molecule has 0 atom stereocenters. The molecule has 0 aliphatic heterocycles. The fourth-order valence-electron chi connectivity index (χ4n) is 1.87. The summed E-state index contributed by atoms with van der Waals surface area (Å²) < 4.78 is 21.7. The minimum Gasteiger partial charge on any atom is -0.481 e. The maximum atomic E-state index is 11.5. The molecule has 0 radical (unpaired) electrons. The Morgan fingerprint density at radius 1 is 1.33 bits per heavy atom. The number of hydrogen-bond donors (Lipinski definition) is 3. The van der Waals surface area contributed by atoms with Crippen LogP contribution in [0.3, 0.4) is 0 Å². The van der Waals surface area contributed by atoms with Gasteiger partial charge in [0.05, 0.1) is 17.7 Å². The largest absolute Gasteiger partial charge is 0.481 e. The van der Waals surface area contributed by atoms with Crippen LogP contribution in [0.2, 0.25) is 0 Å². The van der Waals surface area contributed by atoms with E-state index in [0.717, 1.165) is 12.7 Å². The number of nitrogens with one attached hydrogen (secondary N) is 2. The predicted molar refractivity (Wildman–Crippen MR) is 65.1 cm³/mol. The third kappa shape index (κ3) is 4.91. The molecule has 0 saturated heterocycles. The average molecular weight is 278 g/mol. The van der Waals surface area contributed by atoms with Gasteiger partial charge in [0.25, 0.3) is 0 Å². The number of aliphatic carboxylic acids is 1. The summed E-state index contributed by atoms with van der Waals surface area (Å²) in [5.74, 6) is -1.09. The van der Waals surface area contributed by atoms with Crippen molar-refractivity contribution in [1.82, 2.24) is 10.6 Å². The number of carboxylic acid groups (broad SMARTS) is 1. The normalized spacial score (nSPS) is 17.6. The Balaban J connectivity index is 2.36. The van der Waals surface area contributed by atoms with Gasteiger partial charge in [-0.1, -0.05) is 0 Å². The lowest BCUT2D eigenvalue weighted by Gasteiger charge is -2.41. The number of urea groups is 1. The number of sulfone groups is 1. The van der Waals surface area contributed by atoms with Crippen molar-refractivity contribution in [3.05, 3.63) is 0 Å². The summed E-state index contributed by atoms with van der Waals surface area (Å²) >= 11 is 0. The summed E-state index contributed by atoms with van der Waals surface area (Å²) in [6.07, 6.45) is 3.14. The molecule has 2 amide bonds. The van der Waals surface area contributed by atoms with Crippen LogP contribution < -0.4 is 10.6 Å². The summed E-state index contributed by atoms with van der Waals surface area (Å²) in [5.41, 5.74) is -0.666. The third-order valence-corrected chi connectivity index (χ3v) is 3.88. The van der Waals surface area contributed by atoms with E-state index in [9.17, 15) is 18.0 Å². The highest BCUT2D eigenvalue weighted by molar-refractivity contribution is 7.90. The van der Waals surface area contributed by atoms with Crippen molar-refractivity contribution in [1.29, 1.82) is 0 Å². The van der Waals surface area contributed by atoms with Crippen LogP contribution in [0.25, 0.3) is 0 Å². The van der Waals surface area contributed by atoms with Crippen LogP contribution >= 0.6 is 0 Å². The van der Waals surface area contributed by atoms with Crippen molar-refractivity contribution < 1.29 is 23.1 Å². The number of rotatable bonds is 6. The number of hydrogen-bond acceptors (Lipinski definition) is 4. The molecule has 1 fully saturated rings. The summed E-state index contributed by atoms with van der Waals surface area (Å²) in [7, 11) is -3.11. The first-order valence-corrected chi connectivity index (χ1v) is 7.74. The van der Waals surface area contributed by atoms with Crippen molar-refractivity contribution >= 4 is 21.8 Å². The van der Waals surface area contributed by atoms with Crippen LogP contribution in [0.4, 0.5) is 4.79 Å². The summed E-state index contributed by atoms with van der Waals surface area (Å²) in [5, 5.41) is 13.8. The molecule has 1 aliphatic carbocycles. The van der Waals surface area contributed by atoms with Crippen LogP contribution in [0.15, 0.2) is 0 Å². The van der Waals surface area contributed by atoms with Gasteiger partial charge < -0.3 is 15.7 Å². The molecule has 0 unspecified atom stereocenters. The fourth-order valence-corrected chi connectivity index (χ4v) is 2.35. The number of carboxylic acids is 1. The van der Waals surface area contributed by atoms with Gasteiger partial charge in [-0.2, -0.15) is 0 Å². The Bertz CT molecular complexity index is 428. The second kappa shape index (κ2) is 5.55. The molecular formula is C10H18N2O5S. The molecule has 18 heavy (non-hydrogen) atoms. The van der Waals surface area contributed by atoms with E-state index in [1.165, 1.54) is 0 Å². The number of carbonyl (C=O) groups is 2. The zero-order chi connectivity index (χ0) is 13.8. The molecule has 3 N–H and O–H groups in total. The van der Waals surface area contributed by atoms with Crippen LogP contribution in [0, 0.1) is 0 Å². The van der Waals surface area contributed by atoms with Crippen molar-refractivity contribution in [3.63, 3.8) is 0 Å². The molecule has 0 aromatic rings. The van der Waals surface area contributed by atoms with E-state index in [1.807, 2.05) is 0 Å². The monoisotopic (exact) mass is 278 g/mol. The summed E-state index contributed by atoms with van der Waals surface area (Å²) in [6, 6.07) is -0.514. The molecule has 7 nitrogen and oxygen atoms in total. The second-order valence-electron chi connectivity index (χ2n) is 4.72. The third-order valence-electron chi connectivity index (χ3n) is 2.94. The molecule has 0 heterocycles. The lowest BCUT2D eigenvalue weighted by Crippen LogP contribution is -2.57. The van der Waals surface area contributed by atoms with Gasteiger partial charge in [0, 0.05) is 12.8 Å². The van der Waals surface area contributed by atoms with E-state index in [4.69, 9.17) is 5.11 Å². The molecule has 0 aromatic carbocycles. The zero-order valence-electron chi connectivity index (χ0n) is 10.2. The van der Waals surface area contributed by atoms with E-state index in [-0.39, 0.29) is 18.7 Å². The van der Waals surface area contributed by atoms with Gasteiger partial charge in [0.1, 0.15) is 9.84 Å². The lowest BCUT2D eigenvalue weighted by atomic mass is 9.74. The van der Waals surface area contributed by atoms with Crippen molar-refractivity contribution in [3.8, 4) is 0 Å². The maximum Gasteiger partial charge on any atom is 0.315 e. The number of carbonyl (C=O) groups excluding carboxylic acids is 1. The second-order valence-corrected chi connectivity index (χ2v) is 6.97. The van der Waals surface area contributed by atoms with Crippen LogP contribution in [0.1, 0.15) is 25.7 Å². The SMILES string of the molecule is CS(=O)(=O)CCNC(=O)NC1(CC(=O)O)CCC1. The first-order chi connectivity index (χ1) is 8.22. The van der Waals surface area contributed by atoms with Gasteiger partial charge in [0.2, 0.25) is 0 Å². The summed E-state index contributed by atoms with van der Waals surface area (Å²) in [6.45, 7) is 0.0216. The molecule has 0 bridgehead atoms. The highest BCUT2D eigenvalue weighted by Gasteiger charge is 2.40. The Kier molecular flexibility index (Phi) is 4.55. The molecule has 1 aliphatic rings. The van der Waals surface area contributed by atoms with E-state index >= 15 is 0 Å².